The van der Waals surface area contributed by atoms with Crippen molar-refractivity contribution in [3.8, 4) is 11.5 Å². The molecule has 1 aromatic rings. The molecule has 0 heterocycles. The molecule has 0 saturated heterocycles. The first-order valence-electron chi connectivity index (χ1n) is 13.3. The Morgan fingerprint density at radius 1 is 0.868 bits per heavy atom. The summed E-state index contributed by atoms with van der Waals surface area (Å²) in [7, 11) is 0. The van der Waals surface area contributed by atoms with Crippen LogP contribution in [0.2, 0.25) is 0 Å². The molecule has 0 spiro atoms. The molecule has 3 N–H and O–H groups in total. The lowest BCUT2D eigenvalue weighted by molar-refractivity contribution is -0.141. The van der Waals surface area contributed by atoms with Crippen LogP contribution in [0.4, 0.5) is 4.79 Å². The third kappa shape index (κ3) is 10.3. The number of carboxylic acids is 1. The summed E-state index contributed by atoms with van der Waals surface area (Å²) >= 11 is 0. The number of carbonyl (C=O) groups is 4. The van der Waals surface area contributed by atoms with Gasteiger partial charge in [-0.3, -0.25) is 14.4 Å². The van der Waals surface area contributed by atoms with E-state index >= 15 is 0 Å². The molecule has 4 unspecified atom stereocenters. The molecular formula is C28H43NO9. The van der Waals surface area contributed by atoms with E-state index in [1.165, 1.54) is 12.1 Å². The molecule has 1 aromatic carbocycles. The van der Waals surface area contributed by atoms with Gasteiger partial charge >= 0.3 is 24.1 Å². The SMILES string of the molecule is CCCCCOC(=O)OCC(C)C(c1ccc(OC(=O)C(C)CC)c(OC(=O)C(C)CC)c1)[C@H](N)C(=O)O. The molecule has 10 heteroatoms. The van der Waals surface area contributed by atoms with E-state index in [9.17, 15) is 24.3 Å². The second-order valence-corrected chi connectivity index (χ2v) is 9.65. The highest BCUT2D eigenvalue weighted by Gasteiger charge is 2.33. The highest BCUT2D eigenvalue weighted by atomic mass is 16.7. The summed E-state index contributed by atoms with van der Waals surface area (Å²) in [6.07, 6.45) is 2.88. The van der Waals surface area contributed by atoms with Crippen molar-refractivity contribution in [1.29, 1.82) is 0 Å². The average molecular weight is 538 g/mol. The Kier molecular flexibility index (Phi) is 14.4. The lowest BCUT2D eigenvalue weighted by Crippen LogP contribution is -2.40. The number of rotatable bonds is 16. The minimum Gasteiger partial charge on any atom is -0.480 e. The molecule has 0 saturated carbocycles. The summed E-state index contributed by atoms with van der Waals surface area (Å²) in [4.78, 5) is 48.8. The predicted octanol–water partition coefficient (Wildman–Crippen LogP) is 5.06. The zero-order chi connectivity index (χ0) is 28.8. The van der Waals surface area contributed by atoms with E-state index in [0.29, 0.717) is 18.4 Å². The van der Waals surface area contributed by atoms with E-state index < -0.39 is 47.9 Å². The Hall–Kier alpha value is -3.14. The van der Waals surface area contributed by atoms with Crippen LogP contribution in [0.15, 0.2) is 18.2 Å². The molecule has 0 fully saturated rings. The smallest absolute Gasteiger partial charge is 0.480 e. The Balaban J connectivity index is 3.27. The zero-order valence-electron chi connectivity index (χ0n) is 23.4. The Morgan fingerprint density at radius 3 is 1.97 bits per heavy atom. The maximum atomic E-state index is 12.6. The second-order valence-electron chi connectivity index (χ2n) is 9.65. The quantitative estimate of drug-likeness (QED) is 0.166. The van der Waals surface area contributed by atoms with Crippen LogP contribution >= 0.6 is 0 Å². The third-order valence-corrected chi connectivity index (χ3v) is 6.52. The molecule has 0 aliphatic heterocycles. The number of esters is 2. The van der Waals surface area contributed by atoms with Gasteiger partial charge in [-0.25, -0.2) is 4.79 Å². The minimum absolute atomic E-state index is 0.0181. The maximum Gasteiger partial charge on any atom is 0.508 e. The summed E-state index contributed by atoms with van der Waals surface area (Å²) < 4.78 is 21.3. The number of unbranched alkanes of at least 4 members (excludes halogenated alkanes) is 2. The maximum absolute atomic E-state index is 12.6. The summed E-state index contributed by atoms with van der Waals surface area (Å²) in [6.45, 7) is 10.9. The fraction of sp³-hybridized carbons (Fsp3) is 0.643. The van der Waals surface area contributed by atoms with Gasteiger partial charge in [-0.15, -0.1) is 0 Å². The lowest BCUT2D eigenvalue weighted by Gasteiger charge is -2.28. The molecule has 1 rings (SSSR count). The molecule has 38 heavy (non-hydrogen) atoms. The summed E-state index contributed by atoms with van der Waals surface area (Å²) in [5.74, 6) is -4.41. The largest absolute Gasteiger partial charge is 0.508 e. The van der Waals surface area contributed by atoms with E-state index in [4.69, 9.17) is 24.7 Å². The van der Waals surface area contributed by atoms with E-state index in [2.05, 4.69) is 0 Å². The monoisotopic (exact) mass is 537 g/mol. The van der Waals surface area contributed by atoms with Gasteiger partial charge in [0.05, 0.1) is 25.0 Å². The number of nitrogens with two attached hydrogens (primary N) is 1. The van der Waals surface area contributed by atoms with Crippen molar-refractivity contribution < 1.29 is 43.2 Å². The van der Waals surface area contributed by atoms with E-state index in [1.54, 1.807) is 26.8 Å². The molecule has 0 radical (unpaired) electrons. The van der Waals surface area contributed by atoms with Crippen molar-refractivity contribution in [2.24, 2.45) is 23.5 Å². The molecule has 0 aromatic heterocycles. The van der Waals surface area contributed by atoms with E-state index in [-0.39, 0.29) is 30.6 Å². The Morgan fingerprint density at radius 2 is 1.45 bits per heavy atom. The van der Waals surface area contributed by atoms with Crippen LogP contribution in [-0.2, 0) is 23.9 Å². The molecule has 0 amide bonds. The van der Waals surface area contributed by atoms with Gasteiger partial charge < -0.3 is 29.8 Å². The standard InChI is InChI=1S/C28H43NO9/c1-7-10-11-14-35-28(34)36-16-19(6)23(24(29)25(30)31)20-12-13-21(37-26(32)17(4)8-2)22(15-20)38-27(33)18(5)9-3/h12-13,15,17-19,23-24H,7-11,14,16,29H2,1-6H3,(H,30,31)/t17?,18?,19?,23?,24-/m0/s1. The minimum atomic E-state index is -1.36. The van der Waals surface area contributed by atoms with Gasteiger partial charge in [0.2, 0.25) is 0 Å². The number of ether oxygens (including phenoxy) is 4. The van der Waals surface area contributed by atoms with Crippen LogP contribution in [0.25, 0.3) is 0 Å². The van der Waals surface area contributed by atoms with Gasteiger partial charge in [0.15, 0.2) is 11.5 Å². The molecule has 5 atom stereocenters. The average Bonchev–Trinajstić information content (AvgIpc) is 2.89. The van der Waals surface area contributed by atoms with Gasteiger partial charge in [0, 0.05) is 5.92 Å². The summed E-state index contributed by atoms with van der Waals surface area (Å²) in [5.41, 5.74) is 6.47. The number of benzene rings is 1. The van der Waals surface area contributed by atoms with Crippen molar-refractivity contribution in [2.45, 2.75) is 85.6 Å². The molecular weight excluding hydrogens is 494 g/mol. The first-order valence-corrected chi connectivity index (χ1v) is 13.3. The van der Waals surface area contributed by atoms with Gasteiger partial charge in [-0.05, 0) is 42.9 Å². The van der Waals surface area contributed by atoms with Crippen molar-refractivity contribution in [3.05, 3.63) is 23.8 Å². The van der Waals surface area contributed by atoms with Crippen molar-refractivity contribution >= 4 is 24.1 Å². The number of carboxylic acid groups (broad SMARTS) is 1. The number of hydrogen-bond acceptors (Lipinski definition) is 9. The van der Waals surface area contributed by atoms with Crippen LogP contribution in [0.1, 0.15) is 85.1 Å². The van der Waals surface area contributed by atoms with Crippen LogP contribution in [0.5, 0.6) is 11.5 Å². The van der Waals surface area contributed by atoms with Gasteiger partial charge in [-0.1, -0.05) is 60.5 Å². The van der Waals surface area contributed by atoms with Crippen molar-refractivity contribution in [1.82, 2.24) is 0 Å². The first-order chi connectivity index (χ1) is 18.0. The summed E-state index contributed by atoms with van der Waals surface area (Å²) in [6, 6.07) is 3.10. The lowest BCUT2D eigenvalue weighted by atomic mass is 9.82. The van der Waals surface area contributed by atoms with Crippen molar-refractivity contribution in [3.63, 3.8) is 0 Å². The van der Waals surface area contributed by atoms with Gasteiger partial charge in [-0.2, -0.15) is 0 Å². The highest BCUT2D eigenvalue weighted by Crippen LogP contribution is 2.36. The molecule has 0 aliphatic carbocycles. The Bertz CT molecular complexity index is 933. The Labute approximate surface area is 225 Å². The van der Waals surface area contributed by atoms with Gasteiger partial charge in [0.25, 0.3) is 0 Å². The molecule has 214 valence electrons. The van der Waals surface area contributed by atoms with Crippen LogP contribution < -0.4 is 15.2 Å². The topological polar surface area (TPSA) is 151 Å². The van der Waals surface area contributed by atoms with Crippen LogP contribution in [0.3, 0.4) is 0 Å². The van der Waals surface area contributed by atoms with Gasteiger partial charge in [0.1, 0.15) is 6.04 Å². The summed E-state index contributed by atoms with van der Waals surface area (Å²) in [5, 5.41) is 9.68. The molecule has 0 bridgehead atoms. The predicted molar refractivity (Wildman–Crippen MR) is 141 cm³/mol. The highest BCUT2D eigenvalue weighted by molar-refractivity contribution is 5.79. The molecule has 0 aliphatic rings. The van der Waals surface area contributed by atoms with Crippen molar-refractivity contribution in [2.75, 3.05) is 13.2 Å². The van der Waals surface area contributed by atoms with Crippen LogP contribution in [-0.4, -0.2) is 48.4 Å². The van der Waals surface area contributed by atoms with Crippen LogP contribution in [0, 0.1) is 17.8 Å². The number of carbonyl (C=O) groups excluding carboxylic acids is 3. The normalized spacial score (nSPS) is 14.9. The zero-order valence-corrected chi connectivity index (χ0v) is 23.4. The fourth-order valence-corrected chi connectivity index (χ4v) is 3.54. The number of aliphatic carboxylic acids is 1. The first kappa shape index (κ1) is 32.9. The van der Waals surface area contributed by atoms with E-state index in [1.807, 2.05) is 20.8 Å². The fourth-order valence-electron chi connectivity index (χ4n) is 3.54. The van der Waals surface area contributed by atoms with E-state index in [0.717, 1.165) is 19.3 Å². The second kappa shape index (κ2) is 16.7. The number of hydrogen-bond donors (Lipinski definition) is 2. The molecule has 10 nitrogen and oxygen atoms in total. The third-order valence-electron chi connectivity index (χ3n) is 6.52.